The number of carbonyl (C=O) groups excluding carboxylic acids is 3. The van der Waals surface area contributed by atoms with Crippen LogP contribution in [0.2, 0.25) is 0 Å². The third-order valence-electron chi connectivity index (χ3n) is 5.51. The molecule has 1 fully saturated rings. The Balaban J connectivity index is 1.55. The van der Waals surface area contributed by atoms with Crippen molar-refractivity contribution in [1.82, 2.24) is 16.0 Å². The molecule has 0 saturated carbocycles. The molecule has 2 aromatic carbocycles. The topological polar surface area (TPSA) is 90.5 Å². The predicted octanol–water partition coefficient (Wildman–Crippen LogP) is 1.36. The van der Waals surface area contributed by atoms with Gasteiger partial charge in [-0.3, -0.25) is 14.4 Å². The van der Waals surface area contributed by atoms with Gasteiger partial charge in [-0.1, -0.05) is 42.5 Å². The average molecular weight is 392 g/mol. The summed E-state index contributed by atoms with van der Waals surface area (Å²) in [6.07, 6.45) is 1.72. The van der Waals surface area contributed by atoms with E-state index in [-0.39, 0.29) is 24.4 Å². The Bertz CT molecular complexity index is 953. The van der Waals surface area contributed by atoms with Crippen LogP contribution >= 0.6 is 0 Å². The normalized spacial score (nSPS) is 20.4. The Labute approximate surface area is 169 Å². The second-order valence-electron chi connectivity index (χ2n) is 7.37. The molecule has 2 aliphatic rings. The maximum atomic E-state index is 13.2. The summed E-state index contributed by atoms with van der Waals surface area (Å²) in [5, 5.41) is 8.57. The molecule has 4 rings (SSSR count). The van der Waals surface area contributed by atoms with Gasteiger partial charge in [0.15, 0.2) is 0 Å². The van der Waals surface area contributed by atoms with Crippen molar-refractivity contribution in [3.8, 4) is 11.1 Å². The quantitative estimate of drug-likeness (QED) is 0.733. The van der Waals surface area contributed by atoms with Gasteiger partial charge in [0.1, 0.15) is 6.04 Å². The highest BCUT2D eigenvalue weighted by Crippen LogP contribution is 2.39. The Hall–Kier alpha value is -3.19. The van der Waals surface area contributed by atoms with Crippen molar-refractivity contribution in [2.24, 2.45) is 0 Å². The van der Waals surface area contributed by atoms with Gasteiger partial charge in [0.05, 0.1) is 18.3 Å². The first-order chi connectivity index (χ1) is 14.1. The molecule has 0 radical (unpaired) electrons. The van der Waals surface area contributed by atoms with Crippen molar-refractivity contribution in [2.45, 2.75) is 24.9 Å². The summed E-state index contributed by atoms with van der Waals surface area (Å²) in [6, 6.07) is 14.2. The number of amides is 3. The molecule has 2 aliphatic heterocycles. The van der Waals surface area contributed by atoms with E-state index < -0.39 is 11.9 Å². The van der Waals surface area contributed by atoms with E-state index in [0.717, 1.165) is 41.8 Å². The van der Waals surface area contributed by atoms with E-state index in [0.29, 0.717) is 0 Å². The fraction of sp³-hybridized carbons (Fsp3) is 0.318. The molecule has 2 heterocycles. The number of likely N-dealkylation sites (N-methyl/N-ethyl adjacent to an activating group) is 1. The highest BCUT2D eigenvalue weighted by atomic mass is 16.2. The molecule has 2 atom stereocenters. The molecule has 3 amide bonds. The van der Waals surface area contributed by atoms with Crippen LogP contribution in [-0.4, -0.2) is 43.9 Å². The van der Waals surface area contributed by atoms with Crippen LogP contribution < -0.4 is 20.9 Å². The first-order valence-corrected chi connectivity index (χ1v) is 9.82. The number of fused-ring (bicyclic) bond motifs is 3. The van der Waals surface area contributed by atoms with Gasteiger partial charge in [-0.2, -0.15) is 0 Å². The molecular weight excluding hydrogens is 368 g/mol. The molecule has 7 nitrogen and oxygen atoms in total. The number of nitrogens with zero attached hydrogens (tertiary/aromatic N) is 1. The number of rotatable bonds is 4. The first-order valence-electron chi connectivity index (χ1n) is 9.82. The minimum atomic E-state index is -0.822. The molecule has 29 heavy (non-hydrogen) atoms. The summed E-state index contributed by atoms with van der Waals surface area (Å²) in [5.74, 6) is -0.807. The van der Waals surface area contributed by atoms with E-state index in [2.05, 4.69) is 16.0 Å². The Morgan fingerprint density at radius 1 is 1.10 bits per heavy atom. The fourth-order valence-electron chi connectivity index (χ4n) is 3.98. The number of hydrogen-bond acceptors (Lipinski definition) is 4. The SMILES string of the molecule is CN1C(=O)C(NC(=O)CNC(=O)C2CCCN2)c2ccccc2-c2ccccc21. The van der Waals surface area contributed by atoms with Crippen molar-refractivity contribution in [3.05, 3.63) is 54.1 Å². The lowest BCUT2D eigenvalue weighted by Gasteiger charge is -2.23. The lowest BCUT2D eigenvalue weighted by Crippen LogP contribution is -2.47. The average Bonchev–Trinajstić information content (AvgIpc) is 3.27. The predicted molar refractivity (Wildman–Crippen MR) is 110 cm³/mol. The molecule has 0 aliphatic carbocycles. The van der Waals surface area contributed by atoms with E-state index in [1.54, 1.807) is 11.9 Å². The van der Waals surface area contributed by atoms with Crippen LogP contribution in [0, 0.1) is 0 Å². The number of para-hydroxylation sites is 1. The third-order valence-corrected chi connectivity index (χ3v) is 5.51. The van der Waals surface area contributed by atoms with Crippen molar-refractivity contribution >= 4 is 23.4 Å². The van der Waals surface area contributed by atoms with Crippen LogP contribution in [-0.2, 0) is 14.4 Å². The smallest absolute Gasteiger partial charge is 0.253 e. The van der Waals surface area contributed by atoms with Gasteiger partial charge >= 0.3 is 0 Å². The monoisotopic (exact) mass is 392 g/mol. The second-order valence-corrected chi connectivity index (χ2v) is 7.37. The molecule has 0 aromatic heterocycles. The van der Waals surface area contributed by atoms with Crippen molar-refractivity contribution in [2.75, 3.05) is 25.0 Å². The maximum absolute atomic E-state index is 13.2. The highest BCUT2D eigenvalue weighted by Gasteiger charge is 2.33. The second kappa shape index (κ2) is 8.05. The van der Waals surface area contributed by atoms with E-state index in [9.17, 15) is 14.4 Å². The number of nitrogens with one attached hydrogen (secondary N) is 3. The molecule has 1 saturated heterocycles. The number of anilines is 1. The molecule has 2 unspecified atom stereocenters. The zero-order valence-electron chi connectivity index (χ0n) is 16.3. The standard InChI is InChI=1S/C22H24N4O3/c1-26-18-11-5-4-8-15(18)14-7-2-3-9-16(14)20(22(26)29)25-19(27)13-24-21(28)17-10-6-12-23-17/h2-5,7-9,11,17,20,23H,6,10,12-13H2,1H3,(H,24,28)(H,25,27). The lowest BCUT2D eigenvalue weighted by atomic mass is 9.95. The van der Waals surface area contributed by atoms with Crippen molar-refractivity contribution in [3.63, 3.8) is 0 Å². The summed E-state index contributed by atoms with van der Waals surface area (Å²) in [6.45, 7) is 0.643. The third kappa shape index (κ3) is 3.73. The largest absolute Gasteiger partial charge is 0.346 e. The van der Waals surface area contributed by atoms with Crippen LogP contribution in [0.1, 0.15) is 24.4 Å². The Morgan fingerprint density at radius 3 is 2.59 bits per heavy atom. The highest BCUT2D eigenvalue weighted by molar-refractivity contribution is 6.06. The molecule has 2 aromatic rings. The van der Waals surface area contributed by atoms with Gasteiger partial charge in [0.25, 0.3) is 5.91 Å². The number of carbonyl (C=O) groups is 3. The molecule has 3 N–H and O–H groups in total. The van der Waals surface area contributed by atoms with Gasteiger partial charge in [0.2, 0.25) is 11.8 Å². The van der Waals surface area contributed by atoms with E-state index >= 15 is 0 Å². The van der Waals surface area contributed by atoms with Gasteiger partial charge in [-0.15, -0.1) is 0 Å². The molecule has 150 valence electrons. The Kier molecular flexibility index (Phi) is 5.31. The first kappa shape index (κ1) is 19.1. The van der Waals surface area contributed by atoms with Gasteiger partial charge in [0, 0.05) is 12.6 Å². The van der Waals surface area contributed by atoms with Crippen molar-refractivity contribution < 1.29 is 14.4 Å². The van der Waals surface area contributed by atoms with Gasteiger partial charge < -0.3 is 20.9 Å². The van der Waals surface area contributed by atoms with Gasteiger partial charge in [-0.05, 0) is 36.6 Å². The summed E-state index contributed by atoms with van der Waals surface area (Å²) >= 11 is 0. The zero-order valence-corrected chi connectivity index (χ0v) is 16.3. The molecule has 0 bridgehead atoms. The minimum Gasteiger partial charge on any atom is -0.346 e. The lowest BCUT2D eigenvalue weighted by molar-refractivity contribution is -0.129. The van der Waals surface area contributed by atoms with E-state index in [4.69, 9.17) is 0 Å². The van der Waals surface area contributed by atoms with Crippen LogP contribution in [0.3, 0.4) is 0 Å². The number of benzene rings is 2. The van der Waals surface area contributed by atoms with Crippen LogP contribution in [0.15, 0.2) is 48.5 Å². The summed E-state index contributed by atoms with van der Waals surface area (Å²) in [5.41, 5.74) is 3.38. The zero-order chi connectivity index (χ0) is 20.4. The van der Waals surface area contributed by atoms with Crippen LogP contribution in [0.25, 0.3) is 11.1 Å². The Morgan fingerprint density at radius 2 is 1.83 bits per heavy atom. The van der Waals surface area contributed by atoms with Crippen LogP contribution in [0.4, 0.5) is 5.69 Å². The molecule has 7 heteroatoms. The summed E-state index contributed by atoms with van der Waals surface area (Å²) < 4.78 is 0. The van der Waals surface area contributed by atoms with E-state index in [1.165, 1.54) is 0 Å². The number of hydrogen-bond donors (Lipinski definition) is 3. The van der Waals surface area contributed by atoms with E-state index in [1.807, 2.05) is 48.5 Å². The van der Waals surface area contributed by atoms with Crippen LogP contribution in [0.5, 0.6) is 0 Å². The fourth-order valence-corrected chi connectivity index (χ4v) is 3.98. The maximum Gasteiger partial charge on any atom is 0.253 e. The summed E-state index contributed by atoms with van der Waals surface area (Å²) in [4.78, 5) is 39.4. The molecule has 0 spiro atoms. The molecular formula is C22H24N4O3. The minimum absolute atomic E-state index is 0.167. The van der Waals surface area contributed by atoms with Gasteiger partial charge in [-0.25, -0.2) is 0 Å². The summed E-state index contributed by atoms with van der Waals surface area (Å²) in [7, 11) is 1.71. The van der Waals surface area contributed by atoms with Crippen molar-refractivity contribution in [1.29, 1.82) is 0 Å².